The predicted molar refractivity (Wildman–Crippen MR) is 46.5 cm³/mol. The average molecular weight is 152 g/mol. The maximum atomic E-state index is 4.04. The molecule has 0 amide bonds. The lowest BCUT2D eigenvalue weighted by Crippen LogP contribution is -2.04. The molecule has 1 atom stereocenters. The average Bonchev–Trinajstić information content (AvgIpc) is 2.52. The van der Waals surface area contributed by atoms with Crippen LogP contribution in [-0.4, -0.2) is 9.55 Å². The first-order chi connectivity index (χ1) is 5.38. The van der Waals surface area contributed by atoms with E-state index in [2.05, 4.69) is 23.4 Å². The highest BCUT2D eigenvalue weighted by atomic mass is 15.0. The smallest absolute Gasteiger partial charge is 0.0948 e. The first kappa shape index (κ1) is 8.31. The molecule has 0 saturated carbocycles. The summed E-state index contributed by atoms with van der Waals surface area (Å²) in [6.07, 6.45) is 9.50. The third-order valence-electron chi connectivity index (χ3n) is 2.04. The Labute approximate surface area is 68.3 Å². The highest BCUT2D eigenvalue weighted by Crippen LogP contribution is 2.16. The zero-order valence-corrected chi connectivity index (χ0v) is 7.33. The summed E-state index contributed by atoms with van der Waals surface area (Å²) in [6.45, 7) is 4.44. The van der Waals surface area contributed by atoms with E-state index in [4.69, 9.17) is 0 Å². The van der Waals surface area contributed by atoms with E-state index < -0.39 is 0 Å². The Bertz CT molecular complexity index is 179. The largest absolute Gasteiger partial charge is 0.334 e. The Hall–Kier alpha value is -0.790. The lowest BCUT2D eigenvalue weighted by atomic mass is 10.1. The molecule has 2 heteroatoms. The molecule has 0 fully saturated rings. The second-order valence-corrected chi connectivity index (χ2v) is 2.86. The van der Waals surface area contributed by atoms with Crippen LogP contribution in [0.4, 0.5) is 0 Å². The number of imidazole rings is 1. The summed E-state index contributed by atoms with van der Waals surface area (Å²) in [5.74, 6) is 0. The molecule has 0 aliphatic carbocycles. The van der Waals surface area contributed by atoms with E-state index in [0.717, 1.165) is 0 Å². The van der Waals surface area contributed by atoms with Crippen molar-refractivity contribution in [1.29, 1.82) is 0 Å². The highest BCUT2D eigenvalue weighted by Gasteiger charge is 2.04. The van der Waals surface area contributed by atoms with Crippen molar-refractivity contribution in [2.45, 2.75) is 39.2 Å². The van der Waals surface area contributed by atoms with Gasteiger partial charge in [0.2, 0.25) is 0 Å². The van der Waals surface area contributed by atoms with Crippen molar-refractivity contribution < 1.29 is 0 Å². The lowest BCUT2D eigenvalue weighted by Gasteiger charge is -2.14. The van der Waals surface area contributed by atoms with Gasteiger partial charge >= 0.3 is 0 Å². The molecule has 0 N–H and O–H groups in total. The summed E-state index contributed by atoms with van der Waals surface area (Å²) >= 11 is 0. The molecule has 2 nitrogen and oxygen atoms in total. The fraction of sp³-hybridized carbons (Fsp3) is 0.667. The van der Waals surface area contributed by atoms with Crippen LogP contribution in [0, 0.1) is 0 Å². The molecule has 1 rings (SSSR count). The summed E-state index contributed by atoms with van der Waals surface area (Å²) in [5, 5.41) is 0. The third kappa shape index (κ3) is 2.07. The van der Waals surface area contributed by atoms with E-state index in [1.807, 2.05) is 18.7 Å². The van der Waals surface area contributed by atoms with Gasteiger partial charge in [0.15, 0.2) is 0 Å². The van der Waals surface area contributed by atoms with Crippen molar-refractivity contribution in [2.24, 2.45) is 0 Å². The minimum Gasteiger partial charge on any atom is -0.334 e. The minimum absolute atomic E-state index is 0.655. The molecule has 0 bridgehead atoms. The standard InChI is InChI=1S/C9H16N2/c1-3-5-9(4-2)11-7-6-10-8-11/h6-9H,3-5H2,1-2H3. The predicted octanol–water partition coefficient (Wildman–Crippen LogP) is 2.63. The van der Waals surface area contributed by atoms with Crippen LogP contribution in [0.15, 0.2) is 18.7 Å². The number of rotatable bonds is 4. The van der Waals surface area contributed by atoms with Gasteiger partial charge < -0.3 is 4.57 Å². The molecule has 0 radical (unpaired) electrons. The zero-order valence-electron chi connectivity index (χ0n) is 7.33. The van der Waals surface area contributed by atoms with E-state index in [-0.39, 0.29) is 0 Å². The van der Waals surface area contributed by atoms with Gasteiger partial charge in [-0.1, -0.05) is 20.3 Å². The second-order valence-electron chi connectivity index (χ2n) is 2.86. The molecule has 1 heterocycles. The topological polar surface area (TPSA) is 17.8 Å². The van der Waals surface area contributed by atoms with Gasteiger partial charge in [-0.3, -0.25) is 0 Å². The van der Waals surface area contributed by atoms with E-state index in [9.17, 15) is 0 Å². The molecule has 1 unspecified atom stereocenters. The monoisotopic (exact) mass is 152 g/mol. The number of hydrogen-bond acceptors (Lipinski definition) is 1. The summed E-state index contributed by atoms with van der Waals surface area (Å²) in [7, 11) is 0. The molecule has 62 valence electrons. The molecule has 0 saturated heterocycles. The normalized spacial score (nSPS) is 13.3. The minimum atomic E-state index is 0.655. The zero-order chi connectivity index (χ0) is 8.10. The van der Waals surface area contributed by atoms with Crippen molar-refractivity contribution in [3.8, 4) is 0 Å². The van der Waals surface area contributed by atoms with Gasteiger partial charge in [0.1, 0.15) is 0 Å². The molecule has 11 heavy (non-hydrogen) atoms. The van der Waals surface area contributed by atoms with Crippen molar-refractivity contribution in [2.75, 3.05) is 0 Å². The Kier molecular flexibility index (Phi) is 3.14. The Balaban J connectivity index is 2.56. The quantitative estimate of drug-likeness (QED) is 0.648. The van der Waals surface area contributed by atoms with E-state index >= 15 is 0 Å². The van der Waals surface area contributed by atoms with Crippen molar-refractivity contribution in [3.63, 3.8) is 0 Å². The first-order valence-corrected chi connectivity index (χ1v) is 4.36. The van der Waals surface area contributed by atoms with Gasteiger partial charge in [0.05, 0.1) is 6.33 Å². The summed E-state index contributed by atoms with van der Waals surface area (Å²) in [6, 6.07) is 0.655. The SMILES string of the molecule is CCCC(CC)n1ccnc1. The van der Waals surface area contributed by atoms with Gasteiger partial charge in [-0.2, -0.15) is 0 Å². The molecular weight excluding hydrogens is 136 g/mol. The van der Waals surface area contributed by atoms with Gasteiger partial charge in [-0.15, -0.1) is 0 Å². The molecule has 0 spiro atoms. The fourth-order valence-corrected chi connectivity index (χ4v) is 1.38. The van der Waals surface area contributed by atoms with E-state index in [0.29, 0.717) is 6.04 Å². The molecule has 0 aromatic carbocycles. The van der Waals surface area contributed by atoms with E-state index in [1.54, 1.807) is 0 Å². The summed E-state index contributed by atoms with van der Waals surface area (Å²) in [4.78, 5) is 4.04. The maximum absolute atomic E-state index is 4.04. The van der Waals surface area contributed by atoms with Crippen LogP contribution >= 0.6 is 0 Å². The fourth-order valence-electron chi connectivity index (χ4n) is 1.38. The van der Waals surface area contributed by atoms with E-state index in [1.165, 1.54) is 19.3 Å². The summed E-state index contributed by atoms with van der Waals surface area (Å²) < 4.78 is 2.20. The first-order valence-electron chi connectivity index (χ1n) is 4.36. The number of aromatic nitrogens is 2. The Morgan fingerprint density at radius 2 is 2.27 bits per heavy atom. The number of hydrogen-bond donors (Lipinski definition) is 0. The van der Waals surface area contributed by atoms with Crippen LogP contribution in [0.5, 0.6) is 0 Å². The van der Waals surface area contributed by atoms with Crippen LogP contribution in [0.2, 0.25) is 0 Å². The Morgan fingerprint density at radius 3 is 2.73 bits per heavy atom. The van der Waals surface area contributed by atoms with Crippen molar-refractivity contribution >= 4 is 0 Å². The molecular formula is C9H16N2. The van der Waals surface area contributed by atoms with Crippen LogP contribution in [-0.2, 0) is 0 Å². The second kappa shape index (κ2) is 4.16. The maximum Gasteiger partial charge on any atom is 0.0948 e. The van der Waals surface area contributed by atoms with Crippen molar-refractivity contribution in [1.82, 2.24) is 9.55 Å². The Morgan fingerprint density at radius 1 is 1.45 bits per heavy atom. The molecule has 1 aromatic rings. The highest BCUT2D eigenvalue weighted by molar-refractivity contribution is 4.79. The van der Waals surface area contributed by atoms with Gasteiger partial charge in [0, 0.05) is 18.4 Å². The summed E-state index contributed by atoms with van der Waals surface area (Å²) in [5.41, 5.74) is 0. The molecule has 0 aliphatic heterocycles. The van der Waals surface area contributed by atoms with Crippen LogP contribution in [0.1, 0.15) is 39.2 Å². The number of nitrogens with zero attached hydrogens (tertiary/aromatic N) is 2. The van der Waals surface area contributed by atoms with Gasteiger partial charge in [0.25, 0.3) is 0 Å². The van der Waals surface area contributed by atoms with Gasteiger partial charge in [-0.05, 0) is 12.8 Å². The van der Waals surface area contributed by atoms with Gasteiger partial charge in [-0.25, -0.2) is 4.98 Å². The van der Waals surface area contributed by atoms with Crippen LogP contribution in [0.3, 0.4) is 0 Å². The van der Waals surface area contributed by atoms with Crippen molar-refractivity contribution in [3.05, 3.63) is 18.7 Å². The lowest BCUT2D eigenvalue weighted by molar-refractivity contribution is 0.447. The van der Waals surface area contributed by atoms with Crippen LogP contribution in [0.25, 0.3) is 0 Å². The molecule has 1 aromatic heterocycles. The molecule has 0 aliphatic rings. The van der Waals surface area contributed by atoms with Crippen LogP contribution < -0.4 is 0 Å². The third-order valence-corrected chi connectivity index (χ3v) is 2.04.